The molecule has 2 fully saturated rings. The minimum atomic E-state index is -0.0264. The lowest BCUT2D eigenvalue weighted by atomic mass is 9.75. The van der Waals surface area contributed by atoms with E-state index in [2.05, 4.69) is 31.2 Å². The summed E-state index contributed by atoms with van der Waals surface area (Å²) in [5.74, 6) is 3.76. The van der Waals surface area contributed by atoms with Crippen LogP contribution in [0.15, 0.2) is 4.52 Å². The van der Waals surface area contributed by atoms with Gasteiger partial charge >= 0.3 is 0 Å². The molecule has 0 bridgehead atoms. The fraction of sp³-hybridized carbons (Fsp3) is 0.882. The van der Waals surface area contributed by atoms with Crippen LogP contribution in [0.1, 0.15) is 76.9 Å². The number of aromatic nitrogens is 2. The van der Waals surface area contributed by atoms with Crippen molar-refractivity contribution in [1.82, 2.24) is 15.5 Å². The van der Waals surface area contributed by atoms with Gasteiger partial charge in [-0.2, -0.15) is 4.98 Å². The first-order valence-electron chi connectivity index (χ1n) is 8.66. The van der Waals surface area contributed by atoms with E-state index in [9.17, 15) is 0 Å². The quantitative estimate of drug-likeness (QED) is 0.920. The molecule has 1 aliphatic heterocycles. The first-order chi connectivity index (χ1) is 10.1. The molecular weight excluding hydrogens is 262 g/mol. The van der Waals surface area contributed by atoms with Crippen LogP contribution in [0.2, 0.25) is 0 Å². The molecular formula is C17H29N3O. The molecule has 1 aromatic rings. The molecule has 4 nitrogen and oxygen atoms in total. The fourth-order valence-corrected chi connectivity index (χ4v) is 3.99. The molecule has 1 saturated carbocycles. The lowest BCUT2D eigenvalue weighted by molar-refractivity contribution is 0.196. The van der Waals surface area contributed by atoms with E-state index in [-0.39, 0.29) is 5.41 Å². The second kappa shape index (κ2) is 6.07. The average molecular weight is 291 g/mol. The maximum atomic E-state index is 5.68. The second-order valence-corrected chi connectivity index (χ2v) is 7.51. The highest BCUT2D eigenvalue weighted by Crippen LogP contribution is 2.40. The van der Waals surface area contributed by atoms with Crippen molar-refractivity contribution in [3.05, 3.63) is 11.7 Å². The van der Waals surface area contributed by atoms with E-state index in [1.165, 1.54) is 38.5 Å². The third-order valence-corrected chi connectivity index (χ3v) is 5.79. The molecule has 0 radical (unpaired) electrons. The SMILES string of the molecule is CCC1CCC(c2noc(C(C)(C)C3CCCNC3)n2)C1. The molecule has 3 rings (SSSR count). The van der Waals surface area contributed by atoms with Gasteiger partial charge in [0.15, 0.2) is 5.82 Å². The van der Waals surface area contributed by atoms with Crippen molar-refractivity contribution >= 4 is 0 Å². The number of piperidine rings is 1. The van der Waals surface area contributed by atoms with Gasteiger partial charge in [0.2, 0.25) is 5.89 Å². The van der Waals surface area contributed by atoms with Gasteiger partial charge in [-0.05, 0) is 57.0 Å². The number of hydrogen-bond acceptors (Lipinski definition) is 4. The summed E-state index contributed by atoms with van der Waals surface area (Å²) in [5, 5.41) is 7.82. The Morgan fingerprint density at radius 3 is 2.81 bits per heavy atom. The summed E-state index contributed by atoms with van der Waals surface area (Å²) in [4.78, 5) is 4.80. The molecule has 1 saturated heterocycles. The molecule has 1 N–H and O–H groups in total. The van der Waals surface area contributed by atoms with E-state index in [4.69, 9.17) is 9.51 Å². The summed E-state index contributed by atoms with van der Waals surface area (Å²) in [7, 11) is 0. The first kappa shape index (κ1) is 15.0. The summed E-state index contributed by atoms with van der Waals surface area (Å²) in [6.45, 7) is 9.00. The van der Waals surface area contributed by atoms with Crippen molar-refractivity contribution in [3.8, 4) is 0 Å². The Hall–Kier alpha value is -0.900. The van der Waals surface area contributed by atoms with Gasteiger partial charge in [0, 0.05) is 11.3 Å². The van der Waals surface area contributed by atoms with Crippen LogP contribution in [0.25, 0.3) is 0 Å². The van der Waals surface area contributed by atoms with Gasteiger partial charge in [-0.25, -0.2) is 0 Å². The van der Waals surface area contributed by atoms with Crippen LogP contribution in [0.4, 0.5) is 0 Å². The van der Waals surface area contributed by atoms with Crippen LogP contribution < -0.4 is 5.32 Å². The molecule has 2 heterocycles. The van der Waals surface area contributed by atoms with Crippen LogP contribution >= 0.6 is 0 Å². The summed E-state index contributed by atoms with van der Waals surface area (Å²) in [6.07, 6.45) is 7.56. The van der Waals surface area contributed by atoms with Gasteiger partial charge in [-0.3, -0.25) is 0 Å². The molecule has 3 atom stereocenters. The topological polar surface area (TPSA) is 51.0 Å². The number of rotatable bonds is 4. The van der Waals surface area contributed by atoms with Gasteiger partial charge < -0.3 is 9.84 Å². The Labute approximate surface area is 128 Å². The van der Waals surface area contributed by atoms with Crippen molar-refractivity contribution in [1.29, 1.82) is 0 Å². The maximum absolute atomic E-state index is 5.68. The zero-order chi connectivity index (χ0) is 14.9. The molecule has 0 aromatic carbocycles. The standard InChI is InChI=1S/C17H29N3O/c1-4-12-7-8-13(10-12)15-19-16(21-20-15)17(2,3)14-6-5-9-18-11-14/h12-14,18H,4-11H2,1-3H3. The highest BCUT2D eigenvalue weighted by atomic mass is 16.5. The van der Waals surface area contributed by atoms with Crippen LogP contribution in [0, 0.1) is 11.8 Å². The van der Waals surface area contributed by atoms with E-state index < -0.39 is 0 Å². The summed E-state index contributed by atoms with van der Waals surface area (Å²) >= 11 is 0. The monoisotopic (exact) mass is 291 g/mol. The normalized spacial score (nSPS) is 30.7. The van der Waals surface area contributed by atoms with E-state index in [0.717, 1.165) is 30.7 Å². The fourth-order valence-electron chi connectivity index (χ4n) is 3.99. The Morgan fingerprint density at radius 2 is 2.14 bits per heavy atom. The van der Waals surface area contributed by atoms with E-state index >= 15 is 0 Å². The molecule has 0 amide bonds. The Kier molecular flexibility index (Phi) is 4.34. The third kappa shape index (κ3) is 3.01. The average Bonchev–Trinajstić information content (AvgIpc) is 3.17. The van der Waals surface area contributed by atoms with Gasteiger partial charge in [0.1, 0.15) is 0 Å². The lowest BCUT2D eigenvalue weighted by Crippen LogP contribution is -2.41. The first-order valence-corrected chi connectivity index (χ1v) is 8.66. The highest BCUT2D eigenvalue weighted by Gasteiger charge is 2.38. The van der Waals surface area contributed by atoms with E-state index in [0.29, 0.717) is 11.8 Å². The van der Waals surface area contributed by atoms with Gasteiger partial charge in [-0.1, -0.05) is 32.3 Å². The molecule has 0 spiro atoms. The van der Waals surface area contributed by atoms with Crippen molar-refractivity contribution in [2.45, 2.75) is 70.6 Å². The van der Waals surface area contributed by atoms with Crippen LogP contribution in [0.5, 0.6) is 0 Å². The largest absolute Gasteiger partial charge is 0.339 e. The van der Waals surface area contributed by atoms with E-state index in [1.54, 1.807) is 0 Å². The highest BCUT2D eigenvalue weighted by molar-refractivity contribution is 5.08. The minimum absolute atomic E-state index is 0.0264. The minimum Gasteiger partial charge on any atom is -0.339 e. The second-order valence-electron chi connectivity index (χ2n) is 7.51. The van der Waals surface area contributed by atoms with Crippen LogP contribution in [-0.4, -0.2) is 23.2 Å². The summed E-state index contributed by atoms with van der Waals surface area (Å²) in [5.41, 5.74) is -0.0264. The zero-order valence-electron chi connectivity index (χ0n) is 13.7. The van der Waals surface area contributed by atoms with Gasteiger partial charge in [0.05, 0.1) is 0 Å². The molecule has 21 heavy (non-hydrogen) atoms. The van der Waals surface area contributed by atoms with Gasteiger partial charge in [0.25, 0.3) is 0 Å². The third-order valence-electron chi connectivity index (χ3n) is 5.79. The molecule has 3 unspecified atom stereocenters. The Bertz CT molecular complexity index is 462. The molecule has 1 aliphatic carbocycles. The Morgan fingerprint density at radius 1 is 1.29 bits per heavy atom. The Balaban J connectivity index is 1.71. The number of nitrogens with zero attached hydrogens (tertiary/aromatic N) is 2. The predicted molar refractivity (Wildman–Crippen MR) is 83.3 cm³/mol. The smallest absolute Gasteiger partial charge is 0.232 e. The van der Waals surface area contributed by atoms with Crippen LogP contribution in [-0.2, 0) is 5.41 Å². The lowest BCUT2D eigenvalue weighted by Gasteiger charge is -2.34. The van der Waals surface area contributed by atoms with Crippen LogP contribution in [0.3, 0.4) is 0 Å². The summed E-state index contributed by atoms with van der Waals surface area (Å²) < 4.78 is 5.68. The van der Waals surface area contributed by atoms with Crippen molar-refractivity contribution < 1.29 is 4.52 Å². The van der Waals surface area contributed by atoms with Crippen molar-refractivity contribution in [2.24, 2.45) is 11.8 Å². The summed E-state index contributed by atoms with van der Waals surface area (Å²) in [6, 6.07) is 0. The van der Waals surface area contributed by atoms with Crippen molar-refractivity contribution in [2.75, 3.05) is 13.1 Å². The maximum Gasteiger partial charge on any atom is 0.232 e. The molecule has 2 aliphatic rings. The van der Waals surface area contributed by atoms with Crippen molar-refractivity contribution in [3.63, 3.8) is 0 Å². The number of nitrogens with one attached hydrogen (secondary N) is 1. The number of hydrogen-bond donors (Lipinski definition) is 1. The molecule has 4 heteroatoms. The molecule has 118 valence electrons. The zero-order valence-corrected chi connectivity index (χ0v) is 13.7. The predicted octanol–water partition coefficient (Wildman–Crippen LogP) is 3.64. The molecule has 1 aromatic heterocycles. The van der Waals surface area contributed by atoms with E-state index in [1.807, 2.05) is 0 Å². The van der Waals surface area contributed by atoms with Gasteiger partial charge in [-0.15, -0.1) is 0 Å².